The number of pyridine rings is 1. The largest absolute Gasteiger partial charge is 0.493 e. The highest BCUT2D eigenvalue weighted by molar-refractivity contribution is 5.92. The number of nitrogens with zero attached hydrogens (tertiary/aromatic N) is 3. The van der Waals surface area contributed by atoms with Crippen LogP contribution in [0.5, 0.6) is 11.5 Å². The lowest BCUT2D eigenvalue weighted by Crippen LogP contribution is -2.42. The van der Waals surface area contributed by atoms with E-state index < -0.39 is 0 Å². The summed E-state index contributed by atoms with van der Waals surface area (Å²) in [5, 5.41) is 3.33. The van der Waals surface area contributed by atoms with Crippen LogP contribution in [-0.2, 0) is 13.1 Å². The minimum absolute atomic E-state index is 0.00196. The van der Waals surface area contributed by atoms with E-state index in [0.717, 1.165) is 31.6 Å². The van der Waals surface area contributed by atoms with Crippen molar-refractivity contribution in [3.05, 3.63) is 76.3 Å². The fourth-order valence-electron chi connectivity index (χ4n) is 5.21. The van der Waals surface area contributed by atoms with E-state index in [9.17, 15) is 4.79 Å². The molecule has 0 unspecified atom stereocenters. The van der Waals surface area contributed by atoms with Gasteiger partial charge in [0.05, 0.1) is 37.5 Å². The number of benzene rings is 2. The molecule has 9 heteroatoms. The Kier molecular flexibility index (Phi) is 7.05. The maximum Gasteiger partial charge on any atom is 0.326 e. The summed E-state index contributed by atoms with van der Waals surface area (Å²) in [6, 6.07) is 16.2. The minimum atomic E-state index is -0.154. The molecule has 194 valence electrons. The van der Waals surface area contributed by atoms with Crippen LogP contribution in [0.2, 0.25) is 0 Å². The Morgan fingerprint density at radius 3 is 2.65 bits per heavy atom. The van der Waals surface area contributed by atoms with Crippen molar-refractivity contribution < 1.29 is 9.47 Å². The van der Waals surface area contributed by atoms with Crippen molar-refractivity contribution in [2.45, 2.75) is 32.5 Å². The van der Waals surface area contributed by atoms with Gasteiger partial charge in [0, 0.05) is 19.6 Å². The van der Waals surface area contributed by atoms with E-state index >= 15 is 0 Å². The second kappa shape index (κ2) is 10.6. The molecule has 37 heavy (non-hydrogen) atoms. The van der Waals surface area contributed by atoms with Crippen LogP contribution in [0.3, 0.4) is 0 Å². The molecule has 4 aromatic rings. The molecule has 0 bridgehead atoms. The number of nitrogens with one attached hydrogen (secondary N) is 2. The fourth-order valence-corrected chi connectivity index (χ4v) is 5.21. The molecule has 3 heterocycles. The van der Waals surface area contributed by atoms with E-state index in [0.29, 0.717) is 46.5 Å². The summed E-state index contributed by atoms with van der Waals surface area (Å²) in [6.45, 7) is 5.33. The predicted molar refractivity (Wildman–Crippen MR) is 146 cm³/mol. The Morgan fingerprint density at radius 1 is 1.11 bits per heavy atom. The maximum absolute atomic E-state index is 13.2. The zero-order valence-corrected chi connectivity index (χ0v) is 21.5. The first-order chi connectivity index (χ1) is 18.0. The second-order valence-corrected chi connectivity index (χ2v) is 9.68. The van der Waals surface area contributed by atoms with E-state index in [4.69, 9.17) is 15.2 Å². The Hall–Kier alpha value is -3.98. The standard InChI is InChI=1S/C28H34N6O3/c1-18-11-12-33(16-19-7-5-4-6-8-19)17-22(18)34-26-21(32-28(34)35)15-31-27(25(26)29)30-14-20-9-10-23(36-2)24(13-20)37-3/h4-10,13,15,18,22H,11-12,14,16-17,29H2,1-3H3,(H,30,31)(H,32,35)/t18-,22+/m1/s1. The van der Waals surface area contributed by atoms with Gasteiger partial charge in [-0.2, -0.15) is 0 Å². The number of piperidine rings is 1. The number of nitrogens with two attached hydrogens (primary N) is 1. The van der Waals surface area contributed by atoms with Crippen LogP contribution in [0.1, 0.15) is 30.5 Å². The first-order valence-electron chi connectivity index (χ1n) is 12.6. The van der Waals surface area contributed by atoms with Gasteiger partial charge >= 0.3 is 5.69 Å². The lowest BCUT2D eigenvalue weighted by molar-refractivity contribution is 0.127. The van der Waals surface area contributed by atoms with E-state index in [1.165, 1.54) is 5.56 Å². The van der Waals surface area contributed by atoms with E-state index in [1.54, 1.807) is 20.4 Å². The monoisotopic (exact) mass is 502 g/mol. The lowest BCUT2D eigenvalue weighted by atomic mass is 9.92. The van der Waals surface area contributed by atoms with Gasteiger partial charge in [0.15, 0.2) is 17.3 Å². The molecule has 9 nitrogen and oxygen atoms in total. The lowest BCUT2D eigenvalue weighted by Gasteiger charge is -2.37. The summed E-state index contributed by atoms with van der Waals surface area (Å²) < 4.78 is 12.6. The topological polar surface area (TPSA) is 110 Å². The van der Waals surface area contributed by atoms with Gasteiger partial charge in [-0.1, -0.05) is 43.3 Å². The molecular weight excluding hydrogens is 468 g/mol. The van der Waals surface area contributed by atoms with Crippen molar-refractivity contribution in [3.63, 3.8) is 0 Å². The third-order valence-corrected chi connectivity index (χ3v) is 7.28. The molecule has 1 aliphatic rings. The van der Waals surface area contributed by atoms with Gasteiger partial charge in [-0.05, 0) is 42.1 Å². The number of aromatic amines is 1. The van der Waals surface area contributed by atoms with Crippen molar-refractivity contribution in [2.24, 2.45) is 5.92 Å². The highest BCUT2D eigenvalue weighted by atomic mass is 16.5. The molecule has 2 aromatic carbocycles. The number of methoxy groups -OCH3 is 2. The molecule has 0 aliphatic carbocycles. The minimum Gasteiger partial charge on any atom is -0.493 e. The number of hydrogen-bond acceptors (Lipinski definition) is 7. The predicted octanol–water partition coefficient (Wildman–Crippen LogP) is 4.02. The molecule has 5 rings (SSSR count). The van der Waals surface area contributed by atoms with Gasteiger partial charge in [-0.15, -0.1) is 0 Å². The molecule has 0 amide bonds. The third kappa shape index (κ3) is 4.99. The van der Waals surface area contributed by atoms with Gasteiger partial charge in [0.2, 0.25) is 0 Å². The smallest absolute Gasteiger partial charge is 0.326 e. The average Bonchev–Trinajstić information content (AvgIpc) is 3.26. The molecule has 4 N–H and O–H groups in total. The summed E-state index contributed by atoms with van der Waals surface area (Å²) >= 11 is 0. The number of hydrogen-bond donors (Lipinski definition) is 3. The van der Waals surface area contributed by atoms with Crippen LogP contribution < -0.4 is 26.2 Å². The molecule has 0 radical (unpaired) electrons. The Bertz CT molecular complexity index is 1430. The number of aromatic nitrogens is 3. The third-order valence-electron chi connectivity index (χ3n) is 7.28. The molecule has 1 fully saturated rings. The summed E-state index contributed by atoms with van der Waals surface area (Å²) in [6.07, 6.45) is 2.68. The molecule has 0 spiro atoms. The zero-order valence-electron chi connectivity index (χ0n) is 21.5. The van der Waals surface area contributed by atoms with Crippen molar-refractivity contribution in [2.75, 3.05) is 38.4 Å². The fraction of sp³-hybridized carbons (Fsp3) is 0.357. The van der Waals surface area contributed by atoms with Crippen molar-refractivity contribution in [3.8, 4) is 11.5 Å². The van der Waals surface area contributed by atoms with Crippen molar-refractivity contribution in [1.82, 2.24) is 19.4 Å². The van der Waals surface area contributed by atoms with Crippen LogP contribution in [-0.4, -0.2) is 46.7 Å². The number of fused-ring (bicyclic) bond motifs is 1. The quantitative estimate of drug-likeness (QED) is 0.334. The van der Waals surface area contributed by atoms with Gasteiger partial charge in [-0.25, -0.2) is 9.78 Å². The van der Waals surface area contributed by atoms with Crippen LogP contribution in [0.15, 0.2) is 59.5 Å². The summed E-state index contributed by atoms with van der Waals surface area (Å²) in [5.74, 6) is 2.20. The van der Waals surface area contributed by atoms with Gasteiger partial charge in [0.1, 0.15) is 5.69 Å². The molecular formula is C28H34N6O3. The average molecular weight is 503 g/mol. The first kappa shape index (κ1) is 24.7. The highest BCUT2D eigenvalue weighted by Crippen LogP contribution is 2.34. The van der Waals surface area contributed by atoms with Gasteiger partial charge in [-0.3, -0.25) is 9.47 Å². The summed E-state index contributed by atoms with van der Waals surface area (Å²) in [5.41, 5.74) is 10.6. The zero-order chi connectivity index (χ0) is 25.9. The number of likely N-dealkylation sites (tertiary alicyclic amines) is 1. The normalized spacial score (nSPS) is 18.1. The van der Waals surface area contributed by atoms with Crippen molar-refractivity contribution >= 4 is 22.5 Å². The molecule has 0 saturated carbocycles. The van der Waals surface area contributed by atoms with Gasteiger partial charge in [0.25, 0.3) is 0 Å². The van der Waals surface area contributed by atoms with E-state index in [-0.39, 0.29) is 11.7 Å². The summed E-state index contributed by atoms with van der Waals surface area (Å²) in [7, 11) is 3.22. The SMILES string of the molecule is COc1ccc(CNc2ncc3[nH]c(=O)n([C@H]4CN(Cc5ccccc5)CC[C@H]4C)c3c2N)cc1OC. The van der Waals surface area contributed by atoms with E-state index in [2.05, 4.69) is 51.4 Å². The Balaban J connectivity index is 1.42. The second-order valence-electron chi connectivity index (χ2n) is 9.68. The number of H-pyrrole nitrogens is 1. The number of imidazole rings is 1. The molecule has 2 aromatic heterocycles. The maximum atomic E-state index is 13.2. The molecule has 1 aliphatic heterocycles. The molecule has 1 saturated heterocycles. The van der Waals surface area contributed by atoms with Crippen LogP contribution in [0, 0.1) is 5.92 Å². The van der Waals surface area contributed by atoms with Crippen LogP contribution >= 0.6 is 0 Å². The summed E-state index contributed by atoms with van der Waals surface area (Å²) in [4.78, 5) is 23.1. The van der Waals surface area contributed by atoms with Gasteiger partial charge < -0.3 is 25.5 Å². The number of anilines is 2. The molecule has 2 atom stereocenters. The van der Waals surface area contributed by atoms with Crippen LogP contribution in [0.4, 0.5) is 11.5 Å². The Labute approximate surface area is 216 Å². The van der Waals surface area contributed by atoms with Crippen LogP contribution in [0.25, 0.3) is 11.0 Å². The number of nitrogen functional groups attached to an aromatic ring is 1. The first-order valence-corrected chi connectivity index (χ1v) is 12.6. The Morgan fingerprint density at radius 2 is 1.89 bits per heavy atom. The highest BCUT2D eigenvalue weighted by Gasteiger charge is 2.31. The number of ether oxygens (including phenoxy) is 2. The van der Waals surface area contributed by atoms with E-state index in [1.807, 2.05) is 28.8 Å². The number of rotatable bonds is 8. The van der Waals surface area contributed by atoms with Crippen molar-refractivity contribution in [1.29, 1.82) is 0 Å².